The van der Waals surface area contributed by atoms with Crippen LogP contribution < -0.4 is 15.2 Å². The van der Waals surface area contributed by atoms with Gasteiger partial charge in [0.25, 0.3) is 0 Å². The van der Waals surface area contributed by atoms with Crippen molar-refractivity contribution in [1.82, 2.24) is 0 Å². The second-order valence-corrected chi connectivity index (χ2v) is 4.96. The third kappa shape index (κ3) is 5.42. The number of alkyl halides is 2. The standard InChI is InChI=1S/C14H21F2NO2/c1-9(2)6-11(17)7-10-4-5-12(18-3)13(8-10)19-14(15)16/h4-5,8-9,11,14H,6-7,17H2,1-3H3. The van der Waals surface area contributed by atoms with Crippen molar-refractivity contribution in [2.24, 2.45) is 11.7 Å². The second kappa shape index (κ2) is 7.28. The van der Waals surface area contributed by atoms with Gasteiger partial charge in [0.2, 0.25) is 0 Å². The Morgan fingerprint density at radius 3 is 2.42 bits per heavy atom. The SMILES string of the molecule is COc1ccc(CC(N)CC(C)C)cc1OC(F)F. The van der Waals surface area contributed by atoms with Crippen molar-refractivity contribution in [2.75, 3.05) is 7.11 Å². The van der Waals surface area contributed by atoms with Crippen LogP contribution in [0.4, 0.5) is 8.78 Å². The summed E-state index contributed by atoms with van der Waals surface area (Å²) in [6.45, 7) is 1.33. The summed E-state index contributed by atoms with van der Waals surface area (Å²) >= 11 is 0. The maximum absolute atomic E-state index is 12.3. The third-order valence-corrected chi connectivity index (χ3v) is 2.72. The average Bonchev–Trinajstić information content (AvgIpc) is 2.27. The van der Waals surface area contributed by atoms with E-state index in [0.717, 1.165) is 12.0 Å². The fourth-order valence-corrected chi connectivity index (χ4v) is 2.03. The first-order chi connectivity index (χ1) is 8.92. The molecule has 1 rings (SSSR count). The van der Waals surface area contributed by atoms with E-state index < -0.39 is 6.61 Å². The molecule has 1 unspecified atom stereocenters. The molecular weight excluding hydrogens is 252 g/mol. The topological polar surface area (TPSA) is 44.5 Å². The van der Waals surface area contributed by atoms with Crippen LogP contribution in [0.2, 0.25) is 0 Å². The van der Waals surface area contributed by atoms with Crippen LogP contribution in [0, 0.1) is 5.92 Å². The maximum Gasteiger partial charge on any atom is 0.387 e. The minimum Gasteiger partial charge on any atom is -0.493 e. The summed E-state index contributed by atoms with van der Waals surface area (Å²) in [6.07, 6.45) is 1.51. The minimum absolute atomic E-state index is 0.00722. The van der Waals surface area contributed by atoms with Crippen LogP contribution in [-0.2, 0) is 6.42 Å². The molecule has 1 atom stereocenters. The van der Waals surface area contributed by atoms with E-state index in [1.54, 1.807) is 12.1 Å². The van der Waals surface area contributed by atoms with Crippen molar-refractivity contribution in [2.45, 2.75) is 39.3 Å². The highest BCUT2D eigenvalue weighted by Gasteiger charge is 2.13. The number of rotatable bonds is 7. The average molecular weight is 273 g/mol. The zero-order valence-electron chi connectivity index (χ0n) is 11.5. The van der Waals surface area contributed by atoms with Crippen molar-refractivity contribution in [3.63, 3.8) is 0 Å². The van der Waals surface area contributed by atoms with Gasteiger partial charge in [-0.05, 0) is 36.5 Å². The molecule has 5 heteroatoms. The zero-order chi connectivity index (χ0) is 14.4. The Labute approximate surface area is 112 Å². The second-order valence-electron chi connectivity index (χ2n) is 4.96. The highest BCUT2D eigenvalue weighted by Crippen LogP contribution is 2.30. The van der Waals surface area contributed by atoms with Crippen LogP contribution in [0.25, 0.3) is 0 Å². The number of halogens is 2. The highest BCUT2D eigenvalue weighted by atomic mass is 19.3. The van der Waals surface area contributed by atoms with Crippen LogP contribution in [0.15, 0.2) is 18.2 Å². The van der Waals surface area contributed by atoms with Gasteiger partial charge in [-0.15, -0.1) is 0 Å². The predicted molar refractivity (Wildman–Crippen MR) is 70.8 cm³/mol. The predicted octanol–water partition coefficient (Wildman–Crippen LogP) is 3.21. The lowest BCUT2D eigenvalue weighted by Gasteiger charge is -2.16. The van der Waals surface area contributed by atoms with Crippen molar-refractivity contribution in [1.29, 1.82) is 0 Å². The molecule has 0 fully saturated rings. The quantitative estimate of drug-likeness (QED) is 0.829. The van der Waals surface area contributed by atoms with Crippen molar-refractivity contribution in [3.05, 3.63) is 23.8 Å². The number of hydrogen-bond acceptors (Lipinski definition) is 3. The molecule has 19 heavy (non-hydrogen) atoms. The van der Waals surface area contributed by atoms with Gasteiger partial charge in [-0.1, -0.05) is 19.9 Å². The number of hydrogen-bond donors (Lipinski definition) is 1. The van der Waals surface area contributed by atoms with Gasteiger partial charge in [0.1, 0.15) is 0 Å². The Bertz CT molecular complexity index is 397. The van der Waals surface area contributed by atoms with E-state index in [0.29, 0.717) is 18.1 Å². The molecule has 0 heterocycles. The molecule has 0 bridgehead atoms. The summed E-state index contributed by atoms with van der Waals surface area (Å²) in [7, 11) is 1.41. The van der Waals surface area contributed by atoms with Gasteiger partial charge >= 0.3 is 6.61 Å². The minimum atomic E-state index is -2.87. The van der Waals surface area contributed by atoms with Crippen LogP contribution in [-0.4, -0.2) is 19.8 Å². The Kier molecular flexibility index (Phi) is 6.02. The lowest BCUT2D eigenvalue weighted by atomic mass is 9.98. The van der Waals surface area contributed by atoms with Gasteiger partial charge in [-0.3, -0.25) is 0 Å². The van der Waals surface area contributed by atoms with E-state index in [1.165, 1.54) is 7.11 Å². The largest absolute Gasteiger partial charge is 0.493 e. The summed E-state index contributed by atoms with van der Waals surface area (Å²) in [4.78, 5) is 0. The molecule has 0 aliphatic heterocycles. The first-order valence-corrected chi connectivity index (χ1v) is 6.29. The van der Waals surface area contributed by atoms with E-state index in [9.17, 15) is 8.78 Å². The molecule has 0 aromatic heterocycles. The molecule has 1 aromatic carbocycles. The van der Waals surface area contributed by atoms with E-state index in [1.807, 2.05) is 6.07 Å². The van der Waals surface area contributed by atoms with Crippen LogP contribution in [0.5, 0.6) is 11.5 Å². The van der Waals surface area contributed by atoms with E-state index >= 15 is 0 Å². The molecule has 1 aromatic rings. The van der Waals surface area contributed by atoms with Crippen molar-refractivity contribution < 1.29 is 18.3 Å². The number of ether oxygens (including phenoxy) is 2. The molecule has 108 valence electrons. The third-order valence-electron chi connectivity index (χ3n) is 2.72. The lowest BCUT2D eigenvalue weighted by Crippen LogP contribution is -2.24. The molecule has 0 aliphatic carbocycles. The normalized spacial score (nSPS) is 12.8. The summed E-state index contributed by atoms with van der Waals surface area (Å²) in [5.41, 5.74) is 6.87. The fourth-order valence-electron chi connectivity index (χ4n) is 2.03. The highest BCUT2D eigenvalue weighted by molar-refractivity contribution is 5.43. The fraction of sp³-hybridized carbons (Fsp3) is 0.571. The number of nitrogens with two attached hydrogens (primary N) is 1. The van der Waals surface area contributed by atoms with Gasteiger partial charge in [-0.2, -0.15) is 8.78 Å². The van der Waals surface area contributed by atoms with E-state index in [2.05, 4.69) is 18.6 Å². The van der Waals surface area contributed by atoms with E-state index in [4.69, 9.17) is 10.5 Å². The molecule has 0 saturated carbocycles. The monoisotopic (exact) mass is 273 g/mol. The molecule has 0 saturated heterocycles. The van der Waals surface area contributed by atoms with Crippen LogP contribution in [0.3, 0.4) is 0 Å². The molecule has 2 N–H and O–H groups in total. The van der Waals surface area contributed by atoms with Gasteiger partial charge < -0.3 is 15.2 Å². The lowest BCUT2D eigenvalue weighted by molar-refractivity contribution is -0.0512. The van der Waals surface area contributed by atoms with Gasteiger partial charge in [0.05, 0.1) is 7.11 Å². The zero-order valence-corrected chi connectivity index (χ0v) is 11.5. The van der Waals surface area contributed by atoms with Crippen molar-refractivity contribution in [3.8, 4) is 11.5 Å². The molecular formula is C14H21F2NO2. The molecule has 0 spiro atoms. The van der Waals surface area contributed by atoms with Gasteiger partial charge in [0, 0.05) is 6.04 Å². The number of benzene rings is 1. The Hall–Kier alpha value is -1.36. The van der Waals surface area contributed by atoms with Crippen LogP contribution >= 0.6 is 0 Å². The Balaban J connectivity index is 2.79. The first-order valence-electron chi connectivity index (χ1n) is 6.29. The Morgan fingerprint density at radius 2 is 1.89 bits per heavy atom. The van der Waals surface area contributed by atoms with Crippen molar-refractivity contribution >= 4 is 0 Å². The van der Waals surface area contributed by atoms with Crippen LogP contribution in [0.1, 0.15) is 25.8 Å². The molecule has 0 radical (unpaired) electrons. The summed E-state index contributed by atoms with van der Waals surface area (Å²) in [6, 6.07) is 5.00. The van der Waals surface area contributed by atoms with Gasteiger partial charge in [0.15, 0.2) is 11.5 Å². The Morgan fingerprint density at radius 1 is 1.21 bits per heavy atom. The molecule has 3 nitrogen and oxygen atoms in total. The summed E-state index contributed by atoms with van der Waals surface area (Å²) in [5, 5.41) is 0. The molecule has 0 amide bonds. The molecule has 0 aliphatic rings. The van der Waals surface area contributed by atoms with Gasteiger partial charge in [-0.25, -0.2) is 0 Å². The summed E-state index contributed by atoms with van der Waals surface area (Å²) in [5.74, 6) is 0.846. The summed E-state index contributed by atoms with van der Waals surface area (Å²) < 4.78 is 34.0. The van der Waals surface area contributed by atoms with E-state index in [-0.39, 0.29) is 11.8 Å². The first kappa shape index (κ1) is 15.7. The smallest absolute Gasteiger partial charge is 0.387 e. The maximum atomic E-state index is 12.3. The number of methoxy groups -OCH3 is 1.